The van der Waals surface area contributed by atoms with Gasteiger partial charge in [-0.05, 0) is 24.3 Å². The average molecular weight is 393 g/mol. The Hall–Kier alpha value is -3.21. The monoisotopic (exact) mass is 393 g/mol. The number of rotatable bonds is 7. The number of nitrogens with zero attached hydrogens (tertiary/aromatic N) is 3. The number of hydrogen-bond acceptors (Lipinski definition) is 6. The molecular formula is C16H13F2N5O3S. The second-order valence-electron chi connectivity index (χ2n) is 5.30. The third-order valence-electron chi connectivity index (χ3n) is 3.31. The van der Waals surface area contributed by atoms with Crippen molar-refractivity contribution in [1.82, 2.24) is 14.8 Å². The van der Waals surface area contributed by atoms with Crippen LogP contribution in [0, 0.1) is 11.6 Å². The molecule has 0 bridgehead atoms. The van der Waals surface area contributed by atoms with Crippen molar-refractivity contribution in [2.45, 2.75) is 11.7 Å². The molecule has 2 heterocycles. The van der Waals surface area contributed by atoms with Crippen LogP contribution in [0.4, 0.5) is 14.5 Å². The highest BCUT2D eigenvalue weighted by atomic mass is 32.2. The molecule has 0 aliphatic carbocycles. The van der Waals surface area contributed by atoms with Crippen LogP contribution in [-0.2, 0) is 16.1 Å². The Morgan fingerprint density at radius 3 is 2.74 bits per heavy atom. The van der Waals surface area contributed by atoms with Gasteiger partial charge in [-0.1, -0.05) is 11.8 Å². The SMILES string of the molecule is NC(=O)Cn1c(SCC(=O)Nc2ccc(F)cc2F)nnc1-c1ccco1. The van der Waals surface area contributed by atoms with E-state index >= 15 is 0 Å². The van der Waals surface area contributed by atoms with Crippen molar-refractivity contribution in [2.75, 3.05) is 11.1 Å². The second-order valence-corrected chi connectivity index (χ2v) is 6.24. The number of amides is 2. The number of carbonyl (C=O) groups excluding carboxylic acids is 2. The number of primary amides is 1. The highest BCUT2D eigenvalue weighted by molar-refractivity contribution is 7.99. The summed E-state index contributed by atoms with van der Waals surface area (Å²) in [5.74, 6) is -2.28. The summed E-state index contributed by atoms with van der Waals surface area (Å²) in [6.45, 7) is -0.209. The summed E-state index contributed by atoms with van der Waals surface area (Å²) in [6.07, 6.45) is 1.44. The van der Waals surface area contributed by atoms with Gasteiger partial charge in [0.15, 0.2) is 10.9 Å². The molecule has 2 aromatic heterocycles. The molecule has 3 rings (SSSR count). The molecule has 0 unspecified atom stereocenters. The fourth-order valence-corrected chi connectivity index (χ4v) is 2.93. The lowest BCUT2D eigenvalue weighted by Crippen LogP contribution is -2.20. The normalized spacial score (nSPS) is 10.7. The molecule has 0 saturated carbocycles. The zero-order chi connectivity index (χ0) is 19.4. The van der Waals surface area contributed by atoms with E-state index in [0.717, 1.165) is 23.9 Å². The Morgan fingerprint density at radius 2 is 2.07 bits per heavy atom. The maximum absolute atomic E-state index is 13.6. The number of nitrogens with two attached hydrogens (primary N) is 1. The first-order valence-corrected chi connectivity index (χ1v) is 8.55. The average Bonchev–Trinajstić information content (AvgIpc) is 3.25. The number of thioether (sulfide) groups is 1. The molecular weight excluding hydrogens is 380 g/mol. The fourth-order valence-electron chi connectivity index (χ4n) is 2.19. The molecule has 140 valence electrons. The van der Waals surface area contributed by atoms with Crippen molar-refractivity contribution in [2.24, 2.45) is 5.73 Å². The van der Waals surface area contributed by atoms with E-state index in [1.807, 2.05) is 0 Å². The first-order valence-electron chi connectivity index (χ1n) is 7.57. The third-order valence-corrected chi connectivity index (χ3v) is 4.28. The van der Waals surface area contributed by atoms with E-state index in [0.29, 0.717) is 11.8 Å². The summed E-state index contributed by atoms with van der Waals surface area (Å²) in [4.78, 5) is 23.4. The Kier molecular flexibility index (Phi) is 5.50. The van der Waals surface area contributed by atoms with Gasteiger partial charge < -0.3 is 15.5 Å². The number of benzene rings is 1. The number of carbonyl (C=O) groups is 2. The number of nitrogens with one attached hydrogen (secondary N) is 1. The van der Waals surface area contributed by atoms with Gasteiger partial charge in [-0.3, -0.25) is 14.2 Å². The quantitative estimate of drug-likeness (QED) is 0.594. The van der Waals surface area contributed by atoms with E-state index in [-0.39, 0.29) is 29.0 Å². The van der Waals surface area contributed by atoms with Crippen LogP contribution in [0.3, 0.4) is 0 Å². The highest BCUT2D eigenvalue weighted by Crippen LogP contribution is 2.24. The molecule has 0 saturated heterocycles. The molecule has 0 atom stereocenters. The van der Waals surface area contributed by atoms with Crippen LogP contribution in [0.5, 0.6) is 0 Å². The van der Waals surface area contributed by atoms with Gasteiger partial charge in [0.25, 0.3) is 0 Å². The van der Waals surface area contributed by atoms with E-state index in [2.05, 4.69) is 15.5 Å². The summed E-state index contributed by atoms with van der Waals surface area (Å²) in [7, 11) is 0. The fraction of sp³-hybridized carbons (Fsp3) is 0.125. The number of halogens is 2. The highest BCUT2D eigenvalue weighted by Gasteiger charge is 2.19. The van der Waals surface area contributed by atoms with Gasteiger partial charge in [-0.2, -0.15) is 0 Å². The predicted octanol–water partition coefficient (Wildman–Crippen LogP) is 2.03. The first-order chi connectivity index (χ1) is 12.9. The number of furan rings is 1. The van der Waals surface area contributed by atoms with Gasteiger partial charge in [0.05, 0.1) is 17.7 Å². The topological polar surface area (TPSA) is 116 Å². The van der Waals surface area contributed by atoms with Gasteiger partial charge in [-0.25, -0.2) is 8.78 Å². The summed E-state index contributed by atoms with van der Waals surface area (Å²) in [6, 6.07) is 6.11. The lowest BCUT2D eigenvalue weighted by molar-refractivity contribution is -0.118. The predicted molar refractivity (Wildman–Crippen MR) is 92.6 cm³/mol. The molecule has 0 aliphatic rings. The summed E-state index contributed by atoms with van der Waals surface area (Å²) in [5, 5.41) is 10.5. The molecule has 0 fully saturated rings. The molecule has 11 heteroatoms. The minimum Gasteiger partial charge on any atom is -0.461 e. The largest absolute Gasteiger partial charge is 0.461 e. The smallest absolute Gasteiger partial charge is 0.237 e. The Labute approximate surface area is 155 Å². The second kappa shape index (κ2) is 7.99. The van der Waals surface area contributed by atoms with E-state index < -0.39 is 23.4 Å². The van der Waals surface area contributed by atoms with E-state index in [4.69, 9.17) is 10.2 Å². The number of anilines is 1. The van der Waals surface area contributed by atoms with Crippen LogP contribution < -0.4 is 11.1 Å². The Balaban J connectivity index is 1.71. The van der Waals surface area contributed by atoms with Gasteiger partial charge in [0.2, 0.25) is 17.6 Å². The Morgan fingerprint density at radius 1 is 1.26 bits per heavy atom. The minimum atomic E-state index is -0.884. The van der Waals surface area contributed by atoms with Crippen molar-refractivity contribution in [3.63, 3.8) is 0 Å². The molecule has 0 spiro atoms. The van der Waals surface area contributed by atoms with Crippen LogP contribution in [0.1, 0.15) is 0 Å². The van der Waals surface area contributed by atoms with Crippen molar-refractivity contribution >= 4 is 29.3 Å². The standard InChI is InChI=1S/C16H13F2N5O3S/c17-9-3-4-11(10(18)6-9)20-14(25)8-27-16-22-21-15(12-2-1-5-26-12)23(16)7-13(19)24/h1-6H,7-8H2,(H2,19,24)(H,20,25). The van der Waals surface area contributed by atoms with Crippen LogP contribution in [0.2, 0.25) is 0 Å². The van der Waals surface area contributed by atoms with Gasteiger partial charge >= 0.3 is 0 Å². The van der Waals surface area contributed by atoms with Crippen molar-refractivity contribution in [1.29, 1.82) is 0 Å². The van der Waals surface area contributed by atoms with Crippen LogP contribution in [0.15, 0.2) is 46.2 Å². The molecule has 2 amide bonds. The van der Waals surface area contributed by atoms with Gasteiger partial charge in [0, 0.05) is 6.07 Å². The van der Waals surface area contributed by atoms with Gasteiger partial charge in [-0.15, -0.1) is 10.2 Å². The molecule has 3 aromatic rings. The zero-order valence-corrected chi connectivity index (χ0v) is 14.5. The summed E-state index contributed by atoms with van der Waals surface area (Å²) < 4.78 is 33.2. The molecule has 0 radical (unpaired) electrons. The van der Waals surface area contributed by atoms with Crippen LogP contribution >= 0.6 is 11.8 Å². The van der Waals surface area contributed by atoms with E-state index in [1.54, 1.807) is 12.1 Å². The molecule has 27 heavy (non-hydrogen) atoms. The van der Waals surface area contributed by atoms with Crippen molar-refractivity contribution in [3.05, 3.63) is 48.2 Å². The van der Waals surface area contributed by atoms with Crippen molar-refractivity contribution in [3.8, 4) is 11.6 Å². The van der Waals surface area contributed by atoms with E-state index in [9.17, 15) is 18.4 Å². The lowest BCUT2D eigenvalue weighted by Gasteiger charge is -2.08. The minimum absolute atomic E-state index is 0.142. The van der Waals surface area contributed by atoms with Crippen molar-refractivity contribution < 1.29 is 22.8 Å². The molecule has 0 aliphatic heterocycles. The zero-order valence-electron chi connectivity index (χ0n) is 13.7. The van der Waals surface area contributed by atoms with Crippen LogP contribution in [-0.4, -0.2) is 32.3 Å². The number of hydrogen-bond donors (Lipinski definition) is 2. The summed E-state index contributed by atoms with van der Waals surface area (Å²) >= 11 is 0.975. The first kappa shape index (κ1) is 18.6. The maximum Gasteiger partial charge on any atom is 0.237 e. The van der Waals surface area contributed by atoms with Crippen LogP contribution in [0.25, 0.3) is 11.6 Å². The van der Waals surface area contributed by atoms with Gasteiger partial charge in [0.1, 0.15) is 18.2 Å². The lowest BCUT2D eigenvalue weighted by atomic mass is 10.3. The molecule has 3 N–H and O–H groups in total. The molecule has 8 nitrogen and oxygen atoms in total. The Bertz CT molecular complexity index is 975. The summed E-state index contributed by atoms with van der Waals surface area (Å²) in [5.41, 5.74) is 5.11. The molecule has 1 aromatic carbocycles. The van der Waals surface area contributed by atoms with E-state index in [1.165, 1.54) is 10.8 Å². The number of aromatic nitrogens is 3. The third kappa shape index (κ3) is 4.50. The maximum atomic E-state index is 13.6.